The van der Waals surface area contributed by atoms with Gasteiger partial charge in [0.15, 0.2) is 0 Å². The van der Waals surface area contributed by atoms with Crippen molar-refractivity contribution in [1.82, 2.24) is 4.98 Å². The summed E-state index contributed by atoms with van der Waals surface area (Å²) in [5.41, 5.74) is 5.62. The molecule has 0 saturated heterocycles. The van der Waals surface area contributed by atoms with Crippen molar-refractivity contribution in [3.8, 4) is 0 Å². The van der Waals surface area contributed by atoms with Gasteiger partial charge in [-0.15, -0.1) is 0 Å². The number of nitrogens with zero attached hydrogens (tertiary/aromatic N) is 2. The number of hydrogen-bond acceptors (Lipinski definition) is 3. The third-order valence-corrected chi connectivity index (χ3v) is 4.21. The van der Waals surface area contributed by atoms with Gasteiger partial charge in [-0.1, -0.05) is 25.1 Å². The summed E-state index contributed by atoms with van der Waals surface area (Å²) in [7, 11) is 0. The minimum Gasteiger partial charge on any atom is -0.392 e. The smallest absolute Gasteiger partial charge is 0.139 e. The minimum atomic E-state index is 0.0293. The number of aliphatic hydroxyl groups excluding tert-OH is 1. The molecule has 3 rings (SSSR count). The molecule has 3 heteroatoms. The van der Waals surface area contributed by atoms with E-state index >= 15 is 0 Å². The van der Waals surface area contributed by atoms with Crippen molar-refractivity contribution in [2.45, 2.75) is 33.8 Å². The van der Waals surface area contributed by atoms with Crippen LogP contribution in [-0.2, 0) is 13.0 Å². The first-order valence-corrected chi connectivity index (χ1v) is 7.53. The van der Waals surface area contributed by atoms with Crippen molar-refractivity contribution in [3.63, 3.8) is 0 Å². The van der Waals surface area contributed by atoms with Gasteiger partial charge in [0.1, 0.15) is 5.82 Å². The lowest BCUT2D eigenvalue weighted by Crippen LogP contribution is -2.32. The van der Waals surface area contributed by atoms with E-state index < -0.39 is 0 Å². The first-order chi connectivity index (χ1) is 10.1. The van der Waals surface area contributed by atoms with E-state index in [4.69, 9.17) is 4.98 Å². The number of pyridine rings is 1. The number of fused-ring (bicyclic) bond motifs is 1. The Labute approximate surface area is 126 Å². The van der Waals surface area contributed by atoms with Gasteiger partial charge in [-0.2, -0.15) is 0 Å². The number of anilines is 2. The van der Waals surface area contributed by atoms with Gasteiger partial charge in [0, 0.05) is 23.5 Å². The van der Waals surface area contributed by atoms with E-state index in [1.807, 2.05) is 19.9 Å². The van der Waals surface area contributed by atoms with Crippen molar-refractivity contribution in [1.29, 1.82) is 0 Å². The average molecular weight is 282 g/mol. The second kappa shape index (κ2) is 5.49. The van der Waals surface area contributed by atoms with Crippen LogP contribution in [0.2, 0.25) is 0 Å². The molecule has 0 amide bonds. The number of rotatable bonds is 2. The molecular weight excluding hydrogens is 260 g/mol. The van der Waals surface area contributed by atoms with Gasteiger partial charge < -0.3 is 10.0 Å². The molecule has 0 radical (unpaired) electrons. The molecule has 1 N–H and O–H groups in total. The molecule has 110 valence electrons. The highest BCUT2D eigenvalue weighted by molar-refractivity contribution is 5.68. The van der Waals surface area contributed by atoms with E-state index in [-0.39, 0.29) is 6.61 Å². The zero-order valence-corrected chi connectivity index (χ0v) is 12.9. The third kappa shape index (κ3) is 2.54. The largest absolute Gasteiger partial charge is 0.392 e. The van der Waals surface area contributed by atoms with Gasteiger partial charge in [-0.3, -0.25) is 0 Å². The van der Waals surface area contributed by atoms with Gasteiger partial charge in [0.25, 0.3) is 0 Å². The minimum absolute atomic E-state index is 0.0293. The second-order valence-corrected chi connectivity index (χ2v) is 6.09. The van der Waals surface area contributed by atoms with Crippen molar-refractivity contribution >= 4 is 11.5 Å². The van der Waals surface area contributed by atoms with Crippen molar-refractivity contribution in [3.05, 3.63) is 52.7 Å². The number of benzene rings is 1. The predicted molar refractivity (Wildman–Crippen MR) is 85.9 cm³/mol. The van der Waals surface area contributed by atoms with Gasteiger partial charge in [-0.25, -0.2) is 4.98 Å². The topological polar surface area (TPSA) is 36.4 Å². The van der Waals surface area contributed by atoms with Crippen LogP contribution in [-0.4, -0.2) is 16.6 Å². The maximum Gasteiger partial charge on any atom is 0.139 e. The molecule has 2 heterocycles. The van der Waals surface area contributed by atoms with E-state index in [1.165, 1.54) is 11.3 Å². The lowest BCUT2D eigenvalue weighted by molar-refractivity contribution is 0.281. The van der Waals surface area contributed by atoms with Gasteiger partial charge in [-0.05, 0) is 49.4 Å². The summed E-state index contributed by atoms with van der Waals surface area (Å²) < 4.78 is 0. The Balaban J connectivity index is 2.17. The standard InChI is InChI=1S/C18H22N2O/c1-12-8-15-6-4-5-7-17(15)20(10-12)18-16(11-21)13(2)9-14(3)19-18/h4-7,9,12,21H,8,10-11H2,1-3H3. The van der Waals surface area contributed by atoms with E-state index in [9.17, 15) is 5.11 Å². The Morgan fingerprint density at radius 1 is 1.29 bits per heavy atom. The molecule has 21 heavy (non-hydrogen) atoms. The number of aryl methyl sites for hydroxylation is 2. The second-order valence-electron chi connectivity index (χ2n) is 6.09. The highest BCUT2D eigenvalue weighted by Gasteiger charge is 2.25. The Morgan fingerprint density at radius 2 is 2.05 bits per heavy atom. The Hall–Kier alpha value is -1.87. The zero-order chi connectivity index (χ0) is 15.0. The number of hydrogen-bond donors (Lipinski definition) is 1. The van der Waals surface area contributed by atoms with Crippen LogP contribution in [0.25, 0.3) is 0 Å². The molecule has 1 atom stereocenters. The van der Waals surface area contributed by atoms with Crippen LogP contribution in [0.15, 0.2) is 30.3 Å². The van der Waals surface area contributed by atoms with E-state index in [0.29, 0.717) is 5.92 Å². The summed E-state index contributed by atoms with van der Waals surface area (Å²) in [6.45, 7) is 7.30. The molecule has 1 aromatic carbocycles. The SMILES string of the molecule is Cc1cc(C)c(CO)c(N2CC(C)Cc3ccccc32)n1. The summed E-state index contributed by atoms with van der Waals surface area (Å²) in [5.74, 6) is 1.49. The van der Waals surface area contributed by atoms with Crippen LogP contribution in [0.3, 0.4) is 0 Å². The van der Waals surface area contributed by atoms with Gasteiger partial charge in [0.2, 0.25) is 0 Å². The lowest BCUT2D eigenvalue weighted by atomic mass is 9.93. The van der Waals surface area contributed by atoms with Crippen molar-refractivity contribution in [2.75, 3.05) is 11.4 Å². The van der Waals surface area contributed by atoms with E-state index in [2.05, 4.69) is 36.1 Å². The monoisotopic (exact) mass is 282 g/mol. The number of aromatic nitrogens is 1. The first kappa shape index (κ1) is 14.1. The van der Waals surface area contributed by atoms with Crippen LogP contribution in [0.5, 0.6) is 0 Å². The summed E-state index contributed by atoms with van der Waals surface area (Å²) in [6, 6.07) is 10.6. The van der Waals surface area contributed by atoms with Crippen molar-refractivity contribution in [2.24, 2.45) is 5.92 Å². The average Bonchev–Trinajstić information content (AvgIpc) is 2.45. The maximum absolute atomic E-state index is 9.77. The third-order valence-electron chi connectivity index (χ3n) is 4.21. The van der Waals surface area contributed by atoms with E-state index in [1.54, 1.807) is 0 Å². The van der Waals surface area contributed by atoms with Crippen LogP contribution < -0.4 is 4.90 Å². The fourth-order valence-electron chi connectivity index (χ4n) is 3.26. The molecule has 0 fully saturated rings. The molecule has 0 bridgehead atoms. The van der Waals surface area contributed by atoms with Crippen LogP contribution in [0.4, 0.5) is 11.5 Å². The molecule has 3 nitrogen and oxygen atoms in total. The van der Waals surface area contributed by atoms with Crippen LogP contribution in [0.1, 0.15) is 29.3 Å². The molecule has 1 aliphatic heterocycles. The predicted octanol–water partition coefficient (Wildman–Crippen LogP) is 3.52. The van der Waals surface area contributed by atoms with Crippen LogP contribution >= 0.6 is 0 Å². The van der Waals surface area contributed by atoms with Gasteiger partial charge >= 0.3 is 0 Å². The van der Waals surface area contributed by atoms with E-state index in [0.717, 1.165) is 35.6 Å². The highest BCUT2D eigenvalue weighted by atomic mass is 16.3. The first-order valence-electron chi connectivity index (χ1n) is 7.53. The van der Waals surface area contributed by atoms with Crippen molar-refractivity contribution < 1.29 is 5.11 Å². The Bertz CT molecular complexity index is 666. The normalized spacial score (nSPS) is 17.7. The highest BCUT2D eigenvalue weighted by Crippen LogP contribution is 2.36. The fourth-order valence-corrected chi connectivity index (χ4v) is 3.26. The zero-order valence-electron chi connectivity index (χ0n) is 12.9. The molecular formula is C18H22N2O. The molecule has 0 saturated carbocycles. The molecule has 0 aliphatic carbocycles. The summed E-state index contributed by atoms with van der Waals surface area (Å²) in [6.07, 6.45) is 1.10. The summed E-state index contributed by atoms with van der Waals surface area (Å²) >= 11 is 0. The molecule has 1 aliphatic rings. The lowest BCUT2D eigenvalue weighted by Gasteiger charge is -2.35. The summed E-state index contributed by atoms with van der Waals surface area (Å²) in [5, 5.41) is 9.77. The number of aliphatic hydroxyl groups is 1. The molecule has 1 aromatic heterocycles. The van der Waals surface area contributed by atoms with Gasteiger partial charge in [0.05, 0.1) is 6.61 Å². The Kier molecular flexibility index (Phi) is 3.68. The fraction of sp³-hybridized carbons (Fsp3) is 0.389. The molecule has 1 unspecified atom stereocenters. The molecule has 2 aromatic rings. The quantitative estimate of drug-likeness (QED) is 0.915. The summed E-state index contributed by atoms with van der Waals surface area (Å²) in [4.78, 5) is 7.00. The maximum atomic E-state index is 9.77. The molecule has 0 spiro atoms. The number of para-hydroxylation sites is 1. The Morgan fingerprint density at radius 3 is 2.81 bits per heavy atom. The van der Waals surface area contributed by atoms with Crippen LogP contribution in [0, 0.1) is 19.8 Å².